The van der Waals surface area contributed by atoms with E-state index in [2.05, 4.69) is 0 Å². The van der Waals surface area contributed by atoms with Crippen molar-refractivity contribution >= 4 is 0 Å². The van der Waals surface area contributed by atoms with Crippen LogP contribution in [0.5, 0.6) is 0 Å². The molecule has 0 unspecified atom stereocenters. The Morgan fingerprint density at radius 2 is 2.00 bits per heavy atom. The molecule has 1 fully saturated rings. The monoisotopic (exact) mass is 101 g/mol. The third-order valence-electron chi connectivity index (χ3n) is 1.39. The first kappa shape index (κ1) is 3.08. The van der Waals surface area contributed by atoms with Gasteiger partial charge in [0.05, 0.1) is 0 Å². The lowest BCUT2D eigenvalue weighted by Gasteiger charge is -2.20. The largest absolute Gasteiger partial charge is 0.306 e. The molecule has 0 aromatic rings. The van der Waals surface area contributed by atoms with Gasteiger partial charge in [-0.25, -0.2) is 0 Å². The highest BCUT2D eigenvalue weighted by Gasteiger charge is 2.02. The summed E-state index contributed by atoms with van der Waals surface area (Å²) in [6.45, 7) is 1.18. The summed E-state index contributed by atoms with van der Waals surface area (Å²) in [5.41, 5.74) is 0. The summed E-state index contributed by atoms with van der Waals surface area (Å²) in [5, 5.41) is 0. The summed E-state index contributed by atoms with van der Waals surface area (Å²) >= 11 is 0. The molecule has 1 aliphatic rings. The van der Waals surface area contributed by atoms with Crippen LogP contribution < -0.4 is 0 Å². The molecule has 0 saturated carbocycles. The molecule has 1 heteroatoms. The summed E-state index contributed by atoms with van der Waals surface area (Å²) < 4.78 is 14.1. The Morgan fingerprint density at radius 3 is 2.43 bits per heavy atom. The van der Waals surface area contributed by atoms with Crippen LogP contribution in [0.1, 0.15) is 22.0 Å². The van der Waals surface area contributed by atoms with Crippen LogP contribution in [0.3, 0.4) is 0 Å². The van der Waals surface area contributed by atoms with Gasteiger partial charge in [0.25, 0.3) is 0 Å². The summed E-state index contributed by atoms with van der Waals surface area (Å²) in [5.74, 6) is 0. The fourth-order valence-corrected chi connectivity index (χ4v) is 0.918. The molecule has 1 aliphatic heterocycles. The number of hydrogen-bond acceptors (Lipinski definition) is 1. The minimum atomic E-state index is -0.731. The fraction of sp³-hybridized carbons (Fsp3) is 1.00. The minimum absolute atomic E-state index is 0.731. The van der Waals surface area contributed by atoms with Gasteiger partial charge in [-0.15, -0.1) is 0 Å². The van der Waals surface area contributed by atoms with Gasteiger partial charge in [-0.1, -0.05) is 6.42 Å². The number of rotatable bonds is 0. The summed E-state index contributed by atoms with van der Waals surface area (Å²) in [6.07, 6.45) is 3.63. The van der Waals surface area contributed by atoms with E-state index in [1.165, 1.54) is 19.3 Å². The Kier molecular flexibility index (Phi) is 1.02. The second-order valence-electron chi connectivity index (χ2n) is 2.10. The summed E-state index contributed by atoms with van der Waals surface area (Å²) in [4.78, 5) is 1.89. The first-order valence-corrected chi connectivity index (χ1v) is 2.89. The molecule has 42 valence electrons. The molecule has 7 heavy (non-hydrogen) atoms. The van der Waals surface area contributed by atoms with E-state index >= 15 is 0 Å². The normalized spacial score (nSPS) is 29.9. The Hall–Kier alpha value is -0.0400. The minimum Gasteiger partial charge on any atom is -0.306 e. The molecule has 1 heterocycles. The molecule has 0 atom stereocenters. The lowest BCUT2D eigenvalue weighted by Crippen LogP contribution is -2.24. The van der Waals surface area contributed by atoms with E-state index in [0.29, 0.717) is 0 Å². The molecule has 0 radical (unpaired) electrons. The van der Waals surface area contributed by atoms with Crippen molar-refractivity contribution < 1.29 is 2.74 Å². The number of piperidine rings is 1. The second-order valence-corrected chi connectivity index (χ2v) is 2.10. The maximum atomic E-state index is 7.06. The van der Waals surface area contributed by atoms with Crippen molar-refractivity contribution in [1.82, 2.24) is 4.90 Å². The Balaban J connectivity index is 2.23. The standard InChI is InChI=1S/C6H13N/c1-7-5-3-2-4-6-7/h2-6H2,1H3/i1D2. The van der Waals surface area contributed by atoms with Crippen molar-refractivity contribution in [2.75, 3.05) is 20.1 Å². The fourth-order valence-electron chi connectivity index (χ4n) is 0.918. The third-order valence-corrected chi connectivity index (χ3v) is 1.39. The number of hydrogen-bond donors (Lipinski definition) is 0. The van der Waals surface area contributed by atoms with Crippen LogP contribution in [0, 0.1) is 0 Å². The van der Waals surface area contributed by atoms with E-state index < -0.39 is 7.00 Å². The van der Waals surface area contributed by atoms with Crippen LogP contribution in [0.25, 0.3) is 0 Å². The molecular formula is C6H13N. The maximum absolute atomic E-state index is 7.06. The van der Waals surface area contributed by atoms with Crippen LogP contribution in [0.15, 0.2) is 0 Å². The van der Waals surface area contributed by atoms with Crippen LogP contribution >= 0.6 is 0 Å². The molecule has 1 saturated heterocycles. The Labute approximate surface area is 48.1 Å². The van der Waals surface area contributed by atoms with Gasteiger partial charge in [-0.2, -0.15) is 0 Å². The van der Waals surface area contributed by atoms with Crippen LogP contribution in [0.4, 0.5) is 0 Å². The maximum Gasteiger partial charge on any atom is 0.0394 e. The predicted octanol–water partition coefficient (Wildman–Crippen LogP) is 1.10. The van der Waals surface area contributed by atoms with E-state index in [1.54, 1.807) is 0 Å². The van der Waals surface area contributed by atoms with Gasteiger partial charge >= 0.3 is 0 Å². The van der Waals surface area contributed by atoms with Gasteiger partial charge in [0.2, 0.25) is 0 Å². The molecule has 0 amide bonds. The average molecular weight is 101 g/mol. The van der Waals surface area contributed by atoms with Crippen LogP contribution in [-0.4, -0.2) is 25.0 Å². The zero-order chi connectivity index (χ0) is 6.69. The Morgan fingerprint density at radius 1 is 1.29 bits per heavy atom. The molecule has 0 spiro atoms. The van der Waals surface area contributed by atoms with Crippen molar-refractivity contribution in [2.45, 2.75) is 19.3 Å². The lowest BCUT2D eigenvalue weighted by molar-refractivity contribution is 0.277. The first-order chi connectivity index (χ1) is 4.30. The van der Waals surface area contributed by atoms with Gasteiger partial charge in [0.1, 0.15) is 0 Å². The van der Waals surface area contributed by atoms with E-state index in [4.69, 9.17) is 2.74 Å². The summed E-state index contributed by atoms with van der Waals surface area (Å²) in [6, 6.07) is 0. The molecule has 0 aromatic carbocycles. The smallest absolute Gasteiger partial charge is 0.0394 e. The zero-order valence-electron chi connectivity index (χ0n) is 6.56. The van der Waals surface area contributed by atoms with Crippen molar-refractivity contribution in [1.29, 1.82) is 0 Å². The van der Waals surface area contributed by atoms with E-state index in [9.17, 15) is 0 Å². The predicted molar refractivity (Wildman–Crippen MR) is 31.3 cm³/mol. The van der Waals surface area contributed by atoms with E-state index in [0.717, 1.165) is 13.1 Å². The average Bonchev–Trinajstić information content (AvgIpc) is 1.90. The van der Waals surface area contributed by atoms with E-state index in [1.807, 2.05) is 4.90 Å². The number of nitrogens with zero attached hydrogens (tertiary/aromatic N) is 1. The van der Waals surface area contributed by atoms with Crippen molar-refractivity contribution in [2.24, 2.45) is 0 Å². The molecule has 1 rings (SSSR count). The topological polar surface area (TPSA) is 3.24 Å². The highest BCUT2D eigenvalue weighted by atomic mass is 15.1. The quantitative estimate of drug-likeness (QED) is 0.441. The lowest BCUT2D eigenvalue weighted by atomic mass is 10.1. The first-order valence-electron chi connectivity index (χ1n) is 4.05. The molecule has 0 aromatic heterocycles. The highest BCUT2D eigenvalue weighted by molar-refractivity contribution is 4.58. The second kappa shape index (κ2) is 2.31. The van der Waals surface area contributed by atoms with Gasteiger partial charge in [-0.05, 0) is 32.9 Å². The van der Waals surface area contributed by atoms with Gasteiger partial charge in [0.15, 0.2) is 0 Å². The van der Waals surface area contributed by atoms with Gasteiger partial charge in [0, 0.05) is 2.74 Å². The molecular weight excluding hydrogens is 86.1 g/mol. The van der Waals surface area contributed by atoms with Crippen molar-refractivity contribution in [3.63, 3.8) is 0 Å². The molecule has 0 aliphatic carbocycles. The third kappa shape index (κ3) is 1.48. The summed E-state index contributed by atoms with van der Waals surface area (Å²) in [7, 11) is 0. The van der Waals surface area contributed by atoms with Crippen LogP contribution in [-0.2, 0) is 0 Å². The van der Waals surface area contributed by atoms with E-state index in [-0.39, 0.29) is 0 Å². The molecule has 0 N–H and O–H groups in total. The van der Waals surface area contributed by atoms with Crippen molar-refractivity contribution in [3.05, 3.63) is 0 Å². The SMILES string of the molecule is [2H]C([2H])N1CCCCC1. The number of likely N-dealkylation sites (tertiary alicyclic amines) is 1. The molecule has 0 bridgehead atoms. The van der Waals surface area contributed by atoms with Gasteiger partial charge < -0.3 is 4.90 Å². The zero-order valence-corrected chi connectivity index (χ0v) is 4.56. The van der Waals surface area contributed by atoms with Gasteiger partial charge in [-0.3, -0.25) is 0 Å². The van der Waals surface area contributed by atoms with Crippen molar-refractivity contribution in [3.8, 4) is 0 Å². The Bertz CT molecular complexity index is 79.1. The molecule has 1 nitrogen and oxygen atoms in total. The highest BCUT2D eigenvalue weighted by Crippen LogP contribution is 2.04. The van der Waals surface area contributed by atoms with Crippen LogP contribution in [0.2, 0.25) is 0 Å².